The molecule has 1 aromatic heterocycles. The van der Waals surface area contributed by atoms with Crippen molar-refractivity contribution in [1.82, 2.24) is 0 Å². The number of rotatable bonds is 4. The molecule has 0 spiro atoms. The summed E-state index contributed by atoms with van der Waals surface area (Å²) in [4.78, 5) is 13.2. The Kier molecular flexibility index (Phi) is 5.98. The minimum atomic E-state index is 0.0526. The number of methoxy groups -OCH3 is 1. The van der Waals surface area contributed by atoms with Gasteiger partial charge in [-0.15, -0.1) is 0 Å². The van der Waals surface area contributed by atoms with Crippen molar-refractivity contribution < 1.29 is 13.9 Å². The van der Waals surface area contributed by atoms with Gasteiger partial charge >= 0.3 is 0 Å². The van der Waals surface area contributed by atoms with Gasteiger partial charge in [0.25, 0.3) is 5.95 Å². The molecule has 1 aliphatic heterocycles. The second kappa shape index (κ2) is 8.20. The van der Waals surface area contributed by atoms with E-state index < -0.39 is 0 Å². The highest BCUT2D eigenvalue weighted by Crippen LogP contribution is 2.65. The maximum atomic E-state index is 13.2. The Morgan fingerprint density at radius 3 is 2.59 bits per heavy atom. The van der Waals surface area contributed by atoms with Crippen molar-refractivity contribution in [3.63, 3.8) is 0 Å². The summed E-state index contributed by atoms with van der Waals surface area (Å²) in [7, 11) is 1.59. The summed E-state index contributed by atoms with van der Waals surface area (Å²) in [6, 6.07) is 0. The summed E-state index contributed by atoms with van der Waals surface area (Å²) >= 11 is 0. The number of allylic oxidation sites excluding steroid dienone is 2. The van der Waals surface area contributed by atoms with Gasteiger partial charge in [0.2, 0.25) is 0 Å². The molecule has 3 aliphatic rings. The minimum absolute atomic E-state index is 0.0526. The molecule has 2 aliphatic carbocycles. The molecule has 0 amide bonds. The van der Waals surface area contributed by atoms with Crippen LogP contribution in [0.4, 0.5) is 0 Å². The molecule has 1 saturated heterocycles. The van der Waals surface area contributed by atoms with Crippen molar-refractivity contribution >= 4 is 0 Å². The molecule has 0 N–H and O–H groups in total. The Hall–Kier alpha value is -1.81. The molecule has 6 atom stereocenters. The average Bonchev–Trinajstić information content (AvgIpc) is 3.04. The lowest BCUT2D eigenvalue weighted by molar-refractivity contribution is -0.110. The largest absolute Gasteiger partial charge is 0.468 e. The Morgan fingerprint density at radius 2 is 1.94 bits per heavy atom. The SMILES string of the molecule is C=C1CC[C@H]2[C@]3(C)C[C@H](C=C(C)C)O[C@H]3CC[C@]2(C)[C@@H]1Cc1c(OC)oc(C)c(C)c1=O. The second-order valence-corrected chi connectivity index (χ2v) is 11.3. The molecule has 0 unspecified atom stereocenters. The van der Waals surface area contributed by atoms with E-state index in [-0.39, 0.29) is 28.3 Å². The lowest BCUT2D eigenvalue weighted by Crippen LogP contribution is -2.54. The molecule has 32 heavy (non-hydrogen) atoms. The smallest absolute Gasteiger partial charge is 0.291 e. The first kappa shape index (κ1) is 23.4. The Labute approximate surface area is 193 Å². The monoisotopic (exact) mass is 440 g/mol. The summed E-state index contributed by atoms with van der Waals surface area (Å²) in [5, 5.41) is 0. The molecule has 4 heteroatoms. The zero-order valence-corrected chi connectivity index (χ0v) is 21.0. The van der Waals surface area contributed by atoms with Gasteiger partial charge in [0.1, 0.15) is 5.76 Å². The summed E-state index contributed by atoms with van der Waals surface area (Å²) < 4.78 is 18.0. The summed E-state index contributed by atoms with van der Waals surface area (Å²) in [5.41, 5.74) is 4.22. The number of aryl methyl sites for hydroxylation is 1. The highest BCUT2D eigenvalue weighted by atomic mass is 16.6. The van der Waals surface area contributed by atoms with E-state index in [0.29, 0.717) is 41.3 Å². The normalized spacial score (nSPS) is 36.4. The van der Waals surface area contributed by atoms with E-state index in [1.165, 1.54) is 11.1 Å². The van der Waals surface area contributed by atoms with Gasteiger partial charge in [-0.25, -0.2) is 0 Å². The second-order valence-electron chi connectivity index (χ2n) is 11.3. The molecule has 3 fully saturated rings. The summed E-state index contributed by atoms with van der Waals surface area (Å²) in [6.07, 6.45) is 8.88. The minimum Gasteiger partial charge on any atom is -0.468 e. The van der Waals surface area contributed by atoms with Gasteiger partial charge in [0.15, 0.2) is 5.43 Å². The van der Waals surface area contributed by atoms with Crippen LogP contribution in [0.5, 0.6) is 5.95 Å². The third kappa shape index (κ3) is 3.59. The molecule has 2 saturated carbocycles. The number of hydrogen-bond acceptors (Lipinski definition) is 4. The van der Waals surface area contributed by atoms with Crippen LogP contribution in [0.1, 0.15) is 76.7 Å². The van der Waals surface area contributed by atoms with Gasteiger partial charge in [0.05, 0.1) is 24.9 Å². The van der Waals surface area contributed by atoms with Crippen LogP contribution < -0.4 is 10.2 Å². The van der Waals surface area contributed by atoms with Crippen LogP contribution >= 0.6 is 0 Å². The first-order chi connectivity index (χ1) is 15.0. The van der Waals surface area contributed by atoms with Crippen LogP contribution in [-0.2, 0) is 11.2 Å². The van der Waals surface area contributed by atoms with Crippen LogP contribution in [0.3, 0.4) is 0 Å². The molecule has 176 valence electrons. The fraction of sp³-hybridized carbons (Fsp3) is 0.679. The Balaban J connectivity index is 1.71. The van der Waals surface area contributed by atoms with Crippen molar-refractivity contribution in [3.8, 4) is 5.95 Å². The average molecular weight is 441 g/mol. The van der Waals surface area contributed by atoms with Crippen LogP contribution in [0, 0.1) is 36.5 Å². The van der Waals surface area contributed by atoms with E-state index >= 15 is 0 Å². The van der Waals surface area contributed by atoms with Gasteiger partial charge in [0, 0.05) is 5.56 Å². The number of ether oxygens (including phenoxy) is 2. The highest BCUT2D eigenvalue weighted by Gasteiger charge is 2.61. The fourth-order valence-electron chi connectivity index (χ4n) is 7.31. The third-order valence-electron chi connectivity index (χ3n) is 9.04. The first-order valence-electron chi connectivity index (χ1n) is 12.2. The molecule has 4 nitrogen and oxygen atoms in total. The van der Waals surface area contributed by atoms with E-state index in [2.05, 4.69) is 40.3 Å². The number of hydrogen-bond donors (Lipinski definition) is 0. The van der Waals surface area contributed by atoms with E-state index in [4.69, 9.17) is 13.9 Å². The Morgan fingerprint density at radius 1 is 1.22 bits per heavy atom. The molecule has 1 aromatic rings. The molecule has 0 aromatic carbocycles. The van der Waals surface area contributed by atoms with Gasteiger partial charge in [-0.05, 0) is 88.9 Å². The van der Waals surface area contributed by atoms with Crippen LogP contribution in [0.2, 0.25) is 0 Å². The third-order valence-corrected chi connectivity index (χ3v) is 9.04. The van der Waals surface area contributed by atoms with E-state index in [0.717, 1.165) is 32.1 Å². The van der Waals surface area contributed by atoms with Crippen molar-refractivity contribution in [2.24, 2.45) is 22.7 Å². The Bertz CT molecular complexity index is 997. The van der Waals surface area contributed by atoms with Gasteiger partial charge in [-0.1, -0.05) is 37.6 Å². The van der Waals surface area contributed by atoms with Crippen molar-refractivity contribution in [2.75, 3.05) is 7.11 Å². The lowest BCUT2D eigenvalue weighted by atomic mass is 9.45. The van der Waals surface area contributed by atoms with Gasteiger partial charge in [-0.3, -0.25) is 4.79 Å². The maximum Gasteiger partial charge on any atom is 0.291 e. The fourth-order valence-corrected chi connectivity index (χ4v) is 7.31. The van der Waals surface area contributed by atoms with Crippen LogP contribution in [-0.4, -0.2) is 19.3 Å². The molecule has 0 radical (unpaired) electrons. The van der Waals surface area contributed by atoms with E-state index in [9.17, 15) is 4.79 Å². The van der Waals surface area contributed by atoms with E-state index in [1.807, 2.05) is 13.8 Å². The quantitative estimate of drug-likeness (QED) is 0.514. The summed E-state index contributed by atoms with van der Waals surface area (Å²) in [6.45, 7) is 17.4. The number of fused-ring (bicyclic) bond motifs is 3. The molecule has 4 rings (SSSR count). The highest BCUT2D eigenvalue weighted by molar-refractivity contribution is 5.33. The molecule has 2 heterocycles. The first-order valence-corrected chi connectivity index (χ1v) is 12.2. The van der Waals surface area contributed by atoms with Gasteiger partial charge < -0.3 is 13.9 Å². The lowest BCUT2D eigenvalue weighted by Gasteiger charge is -2.59. The standard InChI is InChI=1S/C28H40O4/c1-16(2)13-20-15-28(7)23-10-9-17(3)22(27(23,6)12-11-24(28)32-20)14-21-25(29)18(4)19(5)31-26(21)30-8/h13,20,22-24H,3,9-12,14-15H2,1-2,4-8H3/t20-,22+,23+,24-,27+,28-/m0/s1. The predicted molar refractivity (Wildman–Crippen MR) is 128 cm³/mol. The summed E-state index contributed by atoms with van der Waals surface area (Å²) in [5.74, 6) is 1.78. The van der Waals surface area contributed by atoms with Crippen molar-refractivity contribution in [3.05, 3.63) is 50.9 Å². The zero-order chi connectivity index (χ0) is 23.4. The molecule has 0 bridgehead atoms. The topological polar surface area (TPSA) is 48.7 Å². The van der Waals surface area contributed by atoms with Crippen LogP contribution in [0.25, 0.3) is 0 Å². The molecular weight excluding hydrogens is 400 g/mol. The van der Waals surface area contributed by atoms with Gasteiger partial charge in [-0.2, -0.15) is 0 Å². The van der Waals surface area contributed by atoms with E-state index in [1.54, 1.807) is 7.11 Å². The zero-order valence-electron chi connectivity index (χ0n) is 21.0. The molecular formula is C28H40O4. The predicted octanol–water partition coefficient (Wildman–Crippen LogP) is 6.32. The maximum absolute atomic E-state index is 13.2. The van der Waals surface area contributed by atoms with Crippen molar-refractivity contribution in [2.45, 2.75) is 92.3 Å². The van der Waals surface area contributed by atoms with Crippen molar-refractivity contribution in [1.29, 1.82) is 0 Å². The van der Waals surface area contributed by atoms with Crippen LogP contribution in [0.15, 0.2) is 33.0 Å².